The molecule has 3 atom stereocenters. The zero-order valence-electron chi connectivity index (χ0n) is 32.2. The zero-order valence-corrected chi connectivity index (χ0v) is 33.1. The number of carbonyl (C=O) groups is 1. The fourth-order valence-electron chi connectivity index (χ4n) is 5.74. The van der Waals surface area contributed by atoms with Crippen molar-refractivity contribution >= 4 is 13.7 Å². The molecular formula is C39H79N2O6P. The fraction of sp³-hybridized carbons (Fsp3) is 0.923. The van der Waals surface area contributed by atoms with Crippen molar-refractivity contribution in [1.29, 1.82) is 0 Å². The molecule has 286 valence electrons. The van der Waals surface area contributed by atoms with E-state index in [1.807, 2.05) is 21.1 Å². The van der Waals surface area contributed by atoms with Gasteiger partial charge in [-0.2, -0.15) is 0 Å². The average molecular weight is 703 g/mol. The van der Waals surface area contributed by atoms with Crippen molar-refractivity contribution in [3.63, 3.8) is 0 Å². The minimum atomic E-state index is -4.55. The Hall–Kier alpha value is -0.760. The van der Waals surface area contributed by atoms with Crippen LogP contribution in [-0.4, -0.2) is 68.5 Å². The summed E-state index contributed by atoms with van der Waals surface area (Å²) in [5, 5.41) is 13.8. The summed E-state index contributed by atoms with van der Waals surface area (Å²) < 4.78 is 23.2. The van der Waals surface area contributed by atoms with Gasteiger partial charge in [0.2, 0.25) is 5.91 Å². The van der Waals surface area contributed by atoms with Crippen LogP contribution < -0.4 is 10.2 Å². The molecule has 0 radical (unpaired) electrons. The predicted octanol–water partition coefficient (Wildman–Crippen LogP) is 9.78. The SMILES string of the molecule is CCCCCC/C=C\CCCCCCCCCC(=O)NC(COP(=O)([O-])OCC[N+](C)(C)C)C(O)CCCCCCCCCCCCC. The zero-order chi connectivity index (χ0) is 35.8. The van der Waals surface area contributed by atoms with Crippen molar-refractivity contribution in [3.8, 4) is 0 Å². The maximum Gasteiger partial charge on any atom is 0.268 e. The van der Waals surface area contributed by atoms with Gasteiger partial charge in [0.05, 0.1) is 39.9 Å². The molecule has 0 aliphatic rings. The number of rotatable bonds is 36. The van der Waals surface area contributed by atoms with Gasteiger partial charge in [-0.15, -0.1) is 0 Å². The van der Waals surface area contributed by atoms with E-state index in [-0.39, 0.29) is 19.1 Å². The highest BCUT2D eigenvalue weighted by molar-refractivity contribution is 7.45. The molecule has 0 aromatic rings. The molecule has 0 aromatic heterocycles. The molecule has 9 heteroatoms. The predicted molar refractivity (Wildman–Crippen MR) is 201 cm³/mol. The standard InChI is InChI=1S/C39H79N2O6P/c1-6-8-10-12-14-16-18-19-20-21-23-25-27-29-31-33-39(43)40-37(36-47-48(44,45)46-35-34-41(3,4)5)38(42)32-30-28-26-24-22-17-15-13-11-9-7-2/h16,18,37-38,42H,6-15,17,19-36H2,1-5H3,(H-,40,43,44,45)/b18-16-. The minimum Gasteiger partial charge on any atom is -0.756 e. The summed E-state index contributed by atoms with van der Waals surface area (Å²) >= 11 is 0. The molecule has 0 saturated carbocycles. The number of quaternary nitrogens is 1. The van der Waals surface area contributed by atoms with Gasteiger partial charge in [-0.25, -0.2) is 0 Å². The molecule has 1 amide bonds. The Morgan fingerprint density at radius 1 is 0.708 bits per heavy atom. The molecule has 48 heavy (non-hydrogen) atoms. The van der Waals surface area contributed by atoms with Crippen molar-refractivity contribution in [2.24, 2.45) is 0 Å². The van der Waals surface area contributed by atoms with Crippen molar-refractivity contribution in [2.75, 3.05) is 40.9 Å². The average Bonchev–Trinajstić information content (AvgIpc) is 3.02. The van der Waals surface area contributed by atoms with Crippen LogP contribution in [0.3, 0.4) is 0 Å². The second kappa shape index (κ2) is 32.2. The first-order valence-electron chi connectivity index (χ1n) is 20.0. The Morgan fingerprint density at radius 3 is 1.65 bits per heavy atom. The number of hydrogen-bond acceptors (Lipinski definition) is 6. The number of unbranched alkanes of at least 4 members (excludes halogenated alkanes) is 21. The molecule has 0 rings (SSSR count). The summed E-state index contributed by atoms with van der Waals surface area (Å²) in [6, 6.07) is -0.796. The van der Waals surface area contributed by atoms with Crippen LogP contribution in [0, 0.1) is 0 Å². The van der Waals surface area contributed by atoms with Crippen LogP contribution in [0.2, 0.25) is 0 Å². The van der Waals surface area contributed by atoms with Gasteiger partial charge < -0.3 is 28.8 Å². The van der Waals surface area contributed by atoms with Crippen LogP contribution in [0.25, 0.3) is 0 Å². The summed E-state index contributed by atoms with van der Waals surface area (Å²) in [6.45, 7) is 4.68. The highest BCUT2D eigenvalue weighted by atomic mass is 31.2. The van der Waals surface area contributed by atoms with E-state index >= 15 is 0 Å². The summed E-state index contributed by atoms with van der Waals surface area (Å²) in [7, 11) is 1.30. The number of likely N-dealkylation sites (N-methyl/N-ethyl adjacent to an activating group) is 1. The normalized spacial score (nSPS) is 14.7. The van der Waals surface area contributed by atoms with E-state index in [0.29, 0.717) is 23.9 Å². The van der Waals surface area contributed by atoms with E-state index in [0.717, 1.165) is 38.5 Å². The maximum atomic E-state index is 12.8. The monoisotopic (exact) mass is 703 g/mol. The van der Waals surface area contributed by atoms with Crippen molar-refractivity contribution < 1.29 is 32.9 Å². The molecule has 0 aliphatic heterocycles. The molecule has 0 bridgehead atoms. The Morgan fingerprint density at radius 2 is 1.15 bits per heavy atom. The maximum absolute atomic E-state index is 12.8. The van der Waals surface area contributed by atoms with Crippen molar-refractivity contribution in [3.05, 3.63) is 12.2 Å². The number of aliphatic hydroxyl groups excluding tert-OH is 1. The molecule has 2 N–H and O–H groups in total. The molecule has 0 fully saturated rings. The number of carbonyl (C=O) groups excluding carboxylic acids is 1. The van der Waals surface area contributed by atoms with Gasteiger partial charge in [0.25, 0.3) is 7.82 Å². The Bertz CT molecular complexity index is 804. The number of nitrogens with zero attached hydrogens (tertiary/aromatic N) is 1. The first-order valence-corrected chi connectivity index (χ1v) is 21.5. The first-order chi connectivity index (χ1) is 23.0. The Kier molecular flexibility index (Phi) is 31.7. The number of phosphoric ester groups is 1. The lowest BCUT2D eigenvalue weighted by Gasteiger charge is -2.30. The number of allylic oxidation sites excluding steroid dienone is 2. The quantitative estimate of drug-likeness (QED) is 0.0291. The number of aliphatic hydroxyl groups is 1. The molecule has 0 aliphatic carbocycles. The Balaban J connectivity index is 4.42. The van der Waals surface area contributed by atoms with Gasteiger partial charge in [0.1, 0.15) is 13.2 Å². The van der Waals surface area contributed by atoms with E-state index in [2.05, 4.69) is 31.3 Å². The molecule has 0 saturated heterocycles. The third-order valence-corrected chi connectivity index (χ3v) is 9.97. The van der Waals surface area contributed by atoms with Crippen molar-refractivity contribution in [2.45, 2.75) is 193 Å². The number of nitrogens with one attached hydrogen (secondary N) is 1. The highest BCUT2D eigenvalue weighted by Gasteiger charge is 2.24. The third kappa shape index (κ3) is 33.7. The second-order valence-corrected chi connectivity index (χ2v) is 16.4. The van der Waals surface area contributed by atoms with Gasteiger partial charge in [0, 0.05) is 6.42 Å². The lowest BCUT2D eigenvalue weighted by atomic mass is 10.0. The fourth-order valence-corrected chi connectivity index (χ4v) is 6.46. The minimum absolute atomic E-state index is 0.0127. The smallest absolute Gasteiger partial charge is 0.268 e. The molecule has 0 aromatic carbocycles. The van der Waals surface area contributed by atoms with Gasteiger partial charge in [-0.05, 0) is 38.5 Å². The lowest BCUT2D eigenvalue weighted by Crippen LogP contribution is -2.46. The highest BCUT2D eigenvalue weighted by Crippen LogP contribution is 2.38. The van der Waals surface area contributed by atoms with Crippen LogP contribution in [-0.2, 0) is 18.4 Å². The lowest BCUT2D eigenvalue weighted by molar-refractivity contribution is -0.870. The van der Waals surface area contributed by atoms with E-state index in [9.17, 15) is 19.4 Å². The van der Waals surface area contributed by atoms with Crippen LogP contribution in [0.5, 0.6) is 0 Å². The van der Waals surface area contributed by atoms with Crippen molar-refractivity contribution in [1.82, 2.24) is 5.32 Å². The molecule has 0 spiro atoms. The first kappa shape index (κ1) is 47.2. The van der Waals surface area contributed by atoms with Gasteiger partial charge in [-0.1, -0.05) is 148 Å². The number of phosphoric acid groups is 1. The largest absolute Gasteiger partial charge is 0.756 e. The molecule has 8 nitrogen and oxygen atoms in total. The number of hydrogen-bond donors (Lipinski definition) is 2. The van der Waals surface area contributed by atoms with Crippen LogP contribution in [0.15, 0.2) is 12.2 Å². The third-order valence-electron chi connectivity index (χ3n) is 9.00. The summed E-state index contributed by atoms with van der Waals surface area (Å²) in [6.07, 6.45) is 33.5. The topological polar surface area (TPSA) is 108 Å². The van der Waals surface area contributed by atoms with Crippen LogP contribution >= 0.6 is 7.82 Å². The number of amides is 1. The summed E-state index contributed by atoms with van der Waals surface area (Å²) in [4.78, 5) is 25.2. The van der Waals surface area contributed by atoms with Crippen LogP contribution in [0.1, 0.15) is 181 Å². The van der Waals surface area contributed by atoms with Gasteiger partial charge >= 0.3 is 0 Å². The molecule has 0 heterocycles. The van der Waals surface area contributed by atoms with Gasteiger partial charge in [-0.3, -0.25) is 9.36 Å². The Labute approximate surface area is 297 Å². The molecule has 3 unspecified atom stereocenters. The van der Waals surface area contributed by atoms with E-state index in [4.69, 9.17) is 9.05 Å². The van der Waals surface area contributed by atoms with E-state index < -0.39 is 20.0 Å². The summed E-state index contributed by atoms with van der Waals surface area (Å²) in [5.41, 5.74) is 0. The van der Waals surface area contributed by atoms with Crippen LogP contribution in [0.4, 0.5) is 0 Å². The van der Waals surface area contributed by atoms with E-state index in [1.54, 1.807) is 0 Å². The second-order valence-electron chi connectivity index (χ2n) is 15.0. The van der Waals surface area contributed by atoms with E-state index in [1.165, 1.54) is 116 Å². The summed E-state index contributed by atoms with van der Waals surface area (Å²) in [5.74, 6) is -0.172. The molecular weight excluding hydrogens is 623 g/mol. The van der Waals surface area contributed by atoms with Gasteiger partial charge in [0.15, 0.2) is 0 Å².